The van der Waals surface area contributed by atoms with E-state index in [1.165, 1.54) is 12.1 Å². The number of carbonyl (C=O) groups is 1. The lowest BCUT2D eigenvalue weighted by Crippen LogP contribution is -2.70. The van der Waals surface area contributed by atoms with E-state index in [9.17, 15) is 18.0 Å². The highest BCUT2D eigenvalue weighted by atomic mass is 19.4. The van der Waals surface area contributed by atoms with Crippen molar-refractivity contribution in [3.05, 3.63) is 71.2 Å². The van der Waals surface area contributed by atoms with Gasteiger partial charge < -0.3 is 19.1 Å². The average molecular weight is 573 g/mol. The number of likely N-dealkylation sites (N-methyl/N-ethyl adjacent to an activating group) is 1. The van der Waals surface area contributed by atoms with Gasteiger partial charge in [-0.3, -0.25) is 14.7 Å². The summed E-state index contributed by atoms with van der Waals surface area (Å²) < 4.78 is 58.8. The maximum absolute atomic E-state index is 14.3. The second-order valence-electron chi connectivity index (χ2n) is 10.4. The van der Waals surface area contributed by atoms with Crippen LogP contribution in [0.1, 0.15) is 54.6 Å². The number of morpholine rings is 1. The van der Waals surface area contributed by atoms with Gasteiger partial charge in [0.25, 0.3) is 5.91 Å². The average Bonchev–Trinajstić information content (AvgIpc) is 2.99. The number of amides is 1. The molecular formula is C30H35F3N4O4. The van der Waals surface area contributed by atoms with Crippen molar-refractivity contribution in [2.75, 3.05) is 46.1 Å². The van der Waals surface area contributed by atoms with Gasteiger partial charge in [-0.1, -0.05) is 12.1 Å². The van der Waals surface area contributed by atoms with Crippen molar-refractivity contribution in [1.29, 1.82) is 0 Å². The molecule has 2 aromatic rings. The molecule has 8 nitrogen and oxygen atoms in total. The van der Waals surface area contributed by atoms with E-state index >= 15 is 0 Å². The number of hydrogen-bond acceptors (Lipinski definition) is 7. The number of ether oxygens (including phenoxy) is 3. The minimum absolute atomic E-state index is 0.0473. The number of allylic oxidation sites excluding steroid dienone is 1. The molecule has 1 aromatic heterocycles. The number of benzene rings is 1. The molecule has 0 spiro atoms. The molecule has 1 amide bonds. The number of aliphatic imine (C=N–C) groups is 1. The summed E-state index contributed by atoms with van der Waals surface area (Å²) in [6.45, 7) is 6.90. The van der Waals surface area contributed by atoms with Crippen molar-refractivity contribution >= 4 is 17.4 Å². The third-order valence-electron chi connectivity index (χ3n) is 7.91. The third-order valence-corrected chi connectivity index (χ3v) is 7.91. The predicted molar refractivity (Wildman–Crippen MR) is 147 cm³/mol. The Kier molecular flexibility index (Phi) is 8.77. The maximum Gasteiger partial charge on any atom is 0.416 e. The second kappa shape index (κ2) is 12.3. The van der Waals surface area contributed by atoms with Gasteiger partial charge in [-0.2, -0.15) is 13.2 Å². The lowest BCUT2D eigenvalue weighted by molar-refractivity contribution is -0.137. The van der Waals surface area contributed by atoms with Gasteiger partial charge in [-0.15, -0.1) is 0 Å². The molecule has 41 heavy (non-hydrogen) atoms. The first-order chi connectivity index (χ1) is 19.7. The third kappa shape index (κ3) is 6.02. The molecule has 220 valence electrons. The SMILES string of the molecule is CCN(C(=O)c1cccc(C(F)(F)F)c1)C1(N2CCOCC2)CC(c2cccnc2)=C(C)N=C1OC1CCOCC1. The van der Waals surface area contributed by atoms with Gasteiger partial charge in [0.1, 0.15) is 6.10 Å². The summed E-state index contributed by atoms with van der Waals surface area (Å²) in [5.41, 5.74) is 0.369. The highest BCUT2D eigenvalue weighted by Gasteiger charge is 2.53. The molecule has 1 aromatic carbocycles. The fourth-order valence-electron chi connectivity index (χ4n) is 5.80. The van der Waals surface area contributed by atoms with Gasteiger partial charge in [0.15, 0.2) is 5.66 Å². The lowest BCUT2D eigenvalue weighted by Gasteiger charge is -2.53. The van der Waals surface area contributed by atoms with Crippen LogP contribution in [0.25, 0.3) is 5.57 Å². The highest BCUT2D eigenvalue weighted by Crippen LogP contribution is 2.42. The van der Waals surface area contributed by atoms with E-state index in [1.54, 1.807) is 17.3 Å². The minimum Gasteiger partial charge on any atom is -0.475 e. The first-order valence-electron chi connectivity index (χ1n) is 14.0. The molecule has 0 bridgehead atoms. The van der Waals surface area contributed by atoms with Crippen molar-refractivity contribution in [2.24, 2.45) is 4.99 Å². The molecule has 0 N–H and O–H groups in total. The smallest absolute Gasteiger partial charge is 0.416 e. The standard InChI is InChI=1S/C30H35F3N4O4/c1-3-37(27(38)22-6-4-8-24(18-22)30(31,32)33)29(36-12-16-40-17-13-36)19-26(23-7-5-11-34-20-23)21(2)35-28(29)41-25-9-14-39-15-10-25/h4-8,11,18,20,25H,3,9-10,12-17,19H2,1-2H3. The maximum atomic E-state index is 14.3. The van der Waals surface area contributed by atoms with E-state index in [0.29, 0.717) is 64.7 Å². The first-order valence-corrected chi connectivity index (χ1v) is 14.0. The summed E-state index contributed by atoms with van der Waals surface area (Å²) >= 11 is 0. The van der Waals surface area contributed by atoms with Gasteiger partial charge in [-0.25, -0.2) is 4.99 Å². The number of pyridine rings is 1. The monoisotopic (exact) mass is 572 g/mol. The van der Waals surface area contributed by atoms with Gasteiger partial charge in [0.05, 0.1) is 32.0 Å². The Balaban J connectivity index is 1.66. The molecule has 11 heteroatoms. The van der Waals surface area contributed by atoms with Crippen LogP contribution in [0.2, 0.25) is 0 Å². The number of nitrogens with zero attached hydrogens (tertiary/aromatic N) is 4. The number of carbonyl (C=O) groups excluding carboxylic acids is 1. The summed E-state index contributed by atoms with van der Waals surface area (Å²) in [6.07, 6.45) is 0.368. The van der Waals surface area contributed by atoms with Crippen LogP contribution >= 0.6 is 0 Å². The topological polar surface area (TPSA) is 76.5 Å². The summed E-state index contributed by atoms with van der Waals surface area (Å²) in [4.78, 5) is 27.4. The molecule has 3 aliphatic rings. The molecule has 3 aliphatic heterocycles. The Labute approximate surface area is 237 Å². The predicted octanol–water partition coefficient (Wildman–Crippen LogP) is 5.02. The van der Waals surface area contributed by atoms with Gasteiger partial charge >= 0.3 is 6.18 Å². The quantitative estimate of drug-likeness (QED) is 0.484. The van der Waals surface area contributed by atoms with E-state index in [0.717, 1.165) is 29.0 Å². The van der Waals surface area contributed by atoms with Crippen LogP contribution in [0.3, 0.4) is 0 Å². The van der Waals surface area contributed by atoms with Crippen LogP contribution in [0.4, 0.5) is 13.2 Å². The molecule has 1 atom stereocenters. The Morgan fingerprint density at radius 2 is 1.85 bits per heavy atom. The molecule has 1 unspecified atom stereocenters. The van der Waals surface area contributed by atoms with Crippen molar-refractivity contribution < 1.29 is 32.2 Å². The molecule has 0 saturated carbocycles. The fraction of sp³-hybridized carbons (Fsp3) is 0.500. The molecule has 4 heterocycles. The Hall–Kier alpha value is -3.28. The summed E-state index contributed by atoms with van der Waals surface area (Å²) in [5.74, 6) is -0.155. The minimum atomic E-state index is -4.58. The van der Waals surface area contributed by atoms with Crippen LogP contribution in [0.5, 0.6) is 0 Å². The van der Waals surface area contributed by atoms with E-state index in [-0.39, 0.29) is 18.2 Å². The van der Waals surface area contributed by atoms with Gasteiger partial charge in [0, 0.05) is 62.6 Å². The highest BCUT2D eigenvalue weighted by molar-refractivity contribution is 6.01. The zero-order chi connectivity index (χ0) is 29.0. The summed E-state index contributed by atoms with van der Waals surface area (Å²) in [6, 6.07) is 8.37. The molecule has 5 rings (SSSR count). The lowest BCUT2D eigenvalue weighted by atomic mass is 9.87. The van der Waals surface area contributed by atoms with Crippen LogP contribution < -0.4 is 0 Å². The Morgan fingerprint density at radius 3 is 2.51 bits per heavy atom. The number of halogens is 3. The van der Waals surface area contributed by atoms with Crippen LogP contribution in [-0.2, 0) is 20.4 Å². The molecule has 0 radical (unpaired) electrons. The van der Waals surface area contributed by atoms with E-state index < -0.39 is 23.3 Å². The summed E-state index contributed by atoms with van der Waals surface area (Å²) in [7, 11) is 0. The van der Waals surface area contributed by atoms with E-state index in [1.807, 2.05) is 26.0 Å². The molecule has 2 saturated heterocycles. The van der Waals surface area contributed by atoms with Crippen molar-refractivity contribution in [1.82, 2.24) is 14.8 Å². The van der Waals surface area contributed by atoms with Crippen LogP contribution in [0.15, 0.2) is 59.5 Å². The largest absolute Gasteiger partial charge is 0.475 e. The number of hydrogen-bond donors (Lipinski definition) is 0. The van der Waals surface area contributed by atoms with Gasteiger partial charge in [-0.05, 0) is 49.2 Å². The molecule has 0 aliphatic carbocycles. The van der Waals surface area contributed by atoms with E-state index in [4.69, 9.17) is 19.2 Å². The fourth-order valence-corrected chi connectivity index (χ4v) is 5.80. The number of aromatic nitrogens is 1. The first kappa shape index (κ1) is 29.2. The van der Waals surface area contributed by atoms with Crippen molar-refractivity contribution in [3.8, 4) is 0 Å². The Morgan fingerprint density at radius 1 is 1.12 bits per heavy atom. The summed E-state index contributed by atoms with van der Waals surface area (Å²) in [5, 5.41) is 0. The van der Waals surface area contributed by atoms with Crippen molar-refractivity contribution in [3.63, 3.8) is 0 Å². The zero-order valence-corrected chi connectivity index (χ0v) is 23.3. The zero-order valence-electron chi connectivity index (χ0n) is 23.3. The molecule has 2 fully saturated rings. The Bertz CT molecular complexity index is 1290. The van der Waals surface area contributed by atoms with Crippen molar-refractivity contribution in [2.45, 2.75) is 51.1 Å². The normalized spacial score (nSPS) is 22.8. The number of alkyl halides is 3. The van der Waals surface area contributed by atoms with Crippen LogP contribution in [0, 0.1) is 0 Å². The number of rotatable bonds is 6. The molecular weight excluding hydrogens is 537 g/mol. The van der Waals surface area contributed by atoms with Crippen LogP contribution in [-0.4, -0.2) is 84.4 Å². The van der Waals surface area contributed by atoms with Gasteiger partial charge in [0.2, 0.25) is 5.90 Å². The van der Waals surface area contributed by atoms with E-state index in [2.05, 4.69) is 9.88 Å². The second-order valence-corrected chi connectivity index (χ2v) is 10.4.